The SMILES string of the molecule is CC/C=C\C/C=C\C/C=C\C/C=C\C/C=C\CCCCCCCCCCCCCCCC(=O)OCC(COC(=O)CCCCCCC/C=C\CCC)OC(=O)CCCCCCCCCCC/C=C\C/C=C\C/C=C\C/C=C\C/C=C\CC. The fourth-order valence-electron chi connectivity index (χ4n) is 9.32. The summed E-state index contributed by atoms with van der Waals surface area (Å²) in [5.74, 6) is -0.898. The summed E-state index contributed by atoms with van der Waals surface area (Å²) in [6.45, 7) is 6.36. The average Bonchev–Trinajstić information content (AvgIpc) is 3.48. The minimum absolute atomic E-state index is 0.0853. The van der Waals surface area contributed by atoms with Gasteiger partial charge in [-0.15, -0.1) is 0 Å². The lowest BCUT2D eigenvalue weighted by atomic mass is 10.0. The minimum atomic E-state index is -0.790. The quantitative estimate of drug-likeness (QED) is 0.0261. The van der Waals surface area contributed by atoms with Crippen LogP contribution in [0.4, 0.5) is 0 Å². The summed E-state index contributed by atoms with van der Waals surface area (Å²) in [5.41, 5.74) is 0. The van der Waals surface area contributed by atoms with Gasteiger partial charge in [0.25, 0.3) is 0 Å². The van der Waals surface area contributed by atoms with Crippen LogP contribution in [-0.2, 0) is 28.6 Å². The van der Waals surface area contributed by atoms with Crippen molar-refractivity contribution in [3.05, 3.63) is 134 Å². The van der Waals surface area contributed by atoms with Gasteiger partial charge in [0.2, 0.25) is 0 Å². The molecule has 0 fully saturated rings. The van der Waals surface area contributed by atoms with Gasteiger partial charge in [0.1, 0.15) is 13.2 Å². The highest BCUT2D eigenvalue weighted by Crippen LogP contribution is 2.16. The first-order valence-electron chi connectivity index (χ1n) is 34.2. The molecule has 0 aromatic heterocycles. The predicted octanol–water partition coefficient (Wildman–Crippen LogP) is 23.7. The lowest BCUT2D eigenvalue weighted by Crippen LogP contribution is -2.30. The smallest absolute Gasteiger partial charge is 0.306 e. The van der Waals surface area contributed by atoms with E-state index in [1.807, 2.05) is 0 Å². The molecule has 0 aromatic rings. The van der Waals surface area contributed by atoms with Crippen molar-refractivity contribution in [1.82, 2.24) is 0 Å². The topological polar surface area (TPSA) is 78.9 Å². The number of hydrogen-bond acceptors (Lipinski definition) is 6. The summed E-state index contributed by atoms with van der Waals surface area (Å²) < 4.78 is 16.9. The first-order valence-corrected chi connectivity index (χ1v) is 34.2. The number of ether oxygens (including phenoxy) is 3. The zero-order chi connectivity index (χ0) is 59.2. The largest absolute Gasteiger partial charge is 0.462 e. The molecule has 466 valence electrons. The molecule has 0 radical (unpaired) electrons. The second-order valence-corrected chi connectivity index (χ2v) is 22.3. The summed E-state index contributed by atoms with van der Waals surface area (Å²) in [5, 5.41) is 0. The van der Waals surface area contributed by atoms with Crippen LogP contribution in [0.2, 0.25) is 0 Å². The maximum Gasteiger partial charge on any atom is 0.306 e. The van der Waals surface area contributed by atoms with Gasteiger partial charge in [-0.3, -0.25) is 14.4 Å². The molecule has 0 bridgehead atoms. The van der Waals surface area contributed by atoms with Gasteiger partial charge in [0.15, 0.2) is 6.10 Å². The van der Waals surface area contributed by atoms with Crippen molar-refractivity contribution in [2.24, 2.45) is 0 Å². The molecule has 6 nitrogen and oxygen atoms in total. The second kappa shape index (κ2) is 69.0. The van der Waals surface area contributed by atoms with E-state index in [1.54, 1.807) is 0 Å². The van der Waals surface area contributed by atoms with Gasteiger partial charge in [-0.1, -0.05) is 296 Å². The molecule has 0 N–H and O–H groups in total. The van der Waals surface area contributed by atoms with Gasteiger partial charge >= 0.3 is 17.9 Å². The molecule has 0 aliphatic rings. The molecule has 0 saturated heterocycles. The maximum absolute atomic E-state index is 12.9. The van der Waals surface area contributed by atoms with Gasteiger partial charge in [0, 0.05) is 19.3 Å². The molecule has 6 heteroatoms. The highest BCUT2D eigenvalue weighted by Gasteiger charge is 2.19. The van der Waals surface area contributed by atoms with Gasteiger partial charge in [-0.2, -0.15) is 0 Å². The van der Waals surface area contributed by atoms with Crippen LogP contribution in [0.5, 0.6) is 0 Å². The van der Waals surface area contributed by atoms with Crippen molar-refractivity contribution in [2.75, 3.05) is 13.2 Å². The highest BCUT2D eigenvalue weighted by atomic mass is 16.6. The van der Waals surface area contributed by atoms with E-state index in [0.717, 1.165) is 148 Å². The number of carbonyl (C=O) groups excluding carboxylic acids is 3. The van der Waals surface area contributed by atoms with Crippen LogP contribution in [0.25, 0.3) is 0 Å². The van der Waals surface area contributed by atoms with Crippen molar-refractivity contribution in [3.8, 4) is 0 Å². The van der Waals surface area contributed by atoms with Crippen molar-refractivity contribution in [2.45, 2.75) is 316 Å². The van der Waals surface area contributed by atoms with Crippen molar-refractivity contribution in [3.63, 3.8) is 0 Å². The first-order chi connectivity index (χ1) is 40.5. The number of hydrogen-bond donors (Lipinski definition) is 0. The van der Waals surface area contributed by atoms with Gasteiger partial charge in [-0.05, 0) is 128 Å². The molecule has 0 rings (SSSR count). The summed E-state index contributed by atoms with van der Waals surface area (Å²) in [4.78, 5) is 38.3. The number of rotatable bonds is 61. The number of esters is 3. The maximum atomic E-state index is 12.9. The van der Waals surface area contributed by atoms with E-state index in [4.69, 9.17) is 14.2 Å². The molecule has 82 heavy (non-hydrogen) atoms. The van der Waals surface area contributed by atoms with Crippen LogP contribution in [0.3, 0.4) is 0 Å². The lowest BCUT2D eigenvalue weighted by molar-refractivity contribution is -0.167. The molecule has 0 heterocycles. The monoisotopic (exact) mass is 1130 g/mol. The first kappa shape index (κ1) is 77.5. The summed E-state index contributed by atoms with van der Waals surface area (Å²) in [6, 6.07) is 0. The molecule has 0 aliphatic heterocycles. The van der Waals surface area contributed by atoms with Gasteiger partial charge < -0.3 is 14.2 Å². The van der Waals surface area contributed by atoms with E-state index in [-0.39, 0.29) is 31.1 Å². The molecule has 0 spiro atoms. The van der Waals surface area contributed by atoms with Crippen molar-refractivity contribution >= 4 is 17.9 Å². The molecule has 0 aromatic carbocycles. The Labute approximate surface area is 506 Å². The zero-order valence-electron chi connectivity index (χ0n) is 53.5. The molecule has 0 aliphatic carbocycles. The van der Waals surface area contributed by atoms with E-state index >= 15 is 0 Å². The van der Waals surface area contributed by atoms with Crippen LogP contribution in [-0.4, -0.2) is 37.2 Å². The number of carbonyl (C=O) groups is 3. The number of allylic oxidation sites excluding steroid dienone is 22. The van der Waals surface area contributed by atoms with Crippen LogP contribution >= 0.6 is 0 Å². The normalized spacial score (nSPS) is 13.0. The van der Waals surface area contributed by atoms with Crippen LogP contribution in [0, 0.1) is 0 Å². The molecular formula is C76H126O6. The van der Waals surface area contributed by atoms with Crippen molar-refractivity contribution in [1.29, 1.82) is 0 Å². The van der Waals surface area contributed by atoms with Gasteiger partial charge in [0.05, 0.1) is 0 Å². The van der Waals surface area contributed by atoms with E-state index in [0.29, 0.717) is 19.3 Å². The fraction of sp³-hybridized carbons (Fsp3) is 0.671. The van der Waals surface area contributed by atoms with E-state index in [2.05, 4.69) is 154 Å². The molecule has 0 saturated carbocycles. The standard InChI is InChI=1S/C76H126O6/c1-4-7-10-13-16-19-22-24-26-28-30-32-34-36-37-38-39-41-42-44-46-48-50-52-54-57-60-63-66-69-75(78)81-72-73(71-80-74(77)68-65-62-59-56-21-18-15-12-9-6-3)82-76(79)70-67-64-61-58-55-53-51-49-47-45-43-40-35-33-31-29-27-25-23-20-17-14-11-8-5-2/h7-8,10-12,15-17,19-20,24-27,30-33,36-37,40,43,73H,4-6,9,13-14,18,21-23,28-29,34-35,38-39,41-42,44-72H2,1-3H3/b10-7-,11-8-,15-12-,19-16-,20-17-,26-24-,27-25-,32-30-,33-31-,37-36-,43-40-. The summed E-state index contributed by atoms with van der Waals surface area (Å²) in [6.07, 6.45) is 97.6. The second-order valence-electron chi connectivity index (χ2n) is 22.3. The Bertz CT molecular complexity index is 1730. The Morgan fingerprint density at radius 2 is 0.476 bits per heavy atom. The average molecular weight is 1140 g/mol. The Kier molecular flexibility index (Phi) is 65.3. The molecule has 1 unspecified atom stereocenters. The zero-order valence-corrected chi connectivity index (χ0v) is 53.5. The van der Waals surface area contributed by atoms with Gasteiger partial charge in [-0.25, -0.2) is 0 Å². The van der Waals surface area contributed by atoms with E-state index in [1.165, 1.54) is 122 Å². The third-order valence-electron chi connectivity index (χ3n) is 14.4. The molecular weight excluding hydrogens is 1010 g/mol. The van der Waals surface area contributed by atoms with E-state index < -0.39 is 6.10 Å². The Balaban J connectivity index is 4.23. The molecule has 0 amide bonds. The van der Waals surface area contributed by atoms with Crippen LogP contribution in [0.15, 0.2) is 134 Å². The summed E-state index contributed by atoms with van der Waals surface area (Å²) in [7, 11) is 0. The van der Waals surface area contributed by atoms with Crippen LogP contribution in [0.1, 0.15) is 310 Å². The third kappa shape index (κ3) is 66.4. The Morgan fingerprint density at radius 3 is 0.756 bits per heavy atom. The highest BCUT2D eigenvalue weighted by molar-refractivity contribution is 5.71. The van der Waals surface area contributed by atoms with Crippen molar-refractivity contribution < 1.29 is 28.6 Å². The Morgan fingerprint density at radius 1 is 0.256 bits per heavy atom. The Hall–Kier alpha value is -4.45. The predicted molar refractivity (Wildman–Crippen MR) is 357 cm³/mol. The summed E-state index contributed by atoms with van der Waals surface area (Å²) >= 11 is 0. The third-order valence-corrected chi connectivity index (χ3v) is 14.4. The number of unbranched alkanes of at least 4 members (excludes halogenated alkanes) is 28. The minimum Gasteiger partial charge on any atom is -0.462 e. The lowest BCUT2D eigenvalue weighted by Gasteiger charge is -2.18. The fourth-order valence-corrected chi connectivity index (χ4v) is 9.32. The van der Waals surface area contributed by atoms with E-state index in [9.17, 15) is 14.4 Å². The molecule has 1 atom stereocenters. The van der Waals surface area contributed by atoms with Crippen LogP contribution < -0.4 is 0 Å².